The van der Waals surface area contributed by atoms with Gasteiger partial charge in [0.1, 0.15) is 0 Å². The Balaban J connectivity index is 2.79. The van der Waals surface area contributed by atoms with E-state index in [-0.39, 0.29) is 0 Å². The van der Waals surface area contributed by atoms with Crippen LogP contribution in [0.5, 0.6) is 0 Å². The molecule has 0 aromatic rings. The Morgan fingerprint density at radius 1 is 1.28 bits per heavy atom. The van der Waals surface area contributed by atoms with E-state index in [9.17, 15) is 0 Å². The van der Waals surface area contributed by atoms with Gasteiger partial charge in [0.2, 0.25) is 0 Å². The summed E-state index contributed by atoms with van der Waals surface area (Å²) in [5.41, 5.74) is 5.77. The highest BCUT2D eigenvalue weighted by Crippen LogP contribution is 2.24. The zero-order valence-corrected chi connectivity index (χ0v) is 12.7. The van der Waals surface area contributed by atoms with Gasteiger partial charge in [-0.05, 0) is 64.9 Å². The van der Waals surface area contributed by atoms with E-state index in [1.54, 1.807) is 5.57 Å². The topological polar surface area (TPSA) is 0 Å². The van der Waals surface area contributed by atoms with Crippen LogP contribution in [0.1, 0.15) is 60.3 Å². The molecule has 0 spiro atoms. The molecule has 1 atom stereocenters. The van der Waals surface area contributed by atoms with Crippen molar-refractivity contribution in [2.24, 2.45) is 5.92 Å². The average Bonchev–Trinajstić information content (AvgIpc) is 2.27. The normalized spacial score (nSPS) is 21.6. The summed E-state index contributed by atoms with van der Waals surface area (Å²) in [5.74, 6) is 0.653. The highest BCUT2D eigenvalue weighted by atomic mass is 14.1. The van der Waals surface area contributed by atoms with Gasteiger partial charge in [-0.2, -0.15) is 0 Å². The predicted octanol–water partition coefficient (Wildman–Crippen LogP) is 5.98. The summed E-state index contributed by atoms with van der Waals surface area (Å²) in [5, 5.41) is 0. The van der Waals surface area contributed by atoms with Crippen LogP contribution in [0.3, 0.4) is 0 Å². The number of hydrogen-bond acceptors (Lipinski definition) is 0. The first-order chi connectivity index (χ1) is 8.51. The molecule has 0 fully saturated rings. The molecule has 0 heteroatoms. The maximum atomic E-state index is 2.44. The standard InChI is InChI=1S/C18H28/c1-6-17(10-14(2)3)12-16(5)13-18-9-7-8-15(4)11-18/h10-13,18H,6-9H2,1-5H3/b16-13+,17-12-. The first-order valence-electron chi connectivity index (χ1n) is 7.22. The third-order valence-electron chi connectivity index (χ3n) is 3.38. The molecular formula is C18H28. The lowest BCUT2D eigenvalue weighted by atomic mass is 9.89. The van der Waals surface area contributed by atoms with Gasteiger partial charge in [-0.1, -0.05) is 47.9 Å². The monoisotopic (exact) mass is 244 g/mol. The first-order valence-corrected chi connectivity index (χ1v) is 7.22. The molecule has 0 saturated heterocycles. The molecule has 1 unspecified atom stereocenters. The SMILES string of the molecule is CC/C(C=C(C)C)=C/C(C)=C/C1C=C(C)CCC1. The van der Waals surface area contributed by atoms with Gasteiger partial charge in [-0.25, -0.2) is 0 Å². The second-order valence-electron chi connectivity index (χ2n) is 5.77. The van der Waals surface area contributed by atoms with Gasteiger partial charge in [0.05, 0.1) is 0 Å². The summed E-state index contributed by atoms with van der Waals surface area (Å²) >= 11 is 0. The van der Waals surface area contributed by atoms with E-state index in [0.29, 0.717) is 5.92 Å². The number of allylic oxidation sites excluding steroid dienone is 8. The Hall–Kier alpha value is -1.04. The van der Waals surface area contributed by atoms with Crippen molar-refractivity contribution in [3.05, 3.63) is 46.6 Å². The summed E-state index contributed by atoms with van der Waals surface area (Å²) < 4.78 is 0. The zero-order chi connectivity index (χ0) is 13.5. The summed E-state index contributed by atoms with van der Waals surface area (Å²) in [6.45, 7) is 11.0. The summed E-state index contributed by atoms with van der Waals surface area (Å²) in [6, 6.07) is 0. The molecule has 0 aromatic carbocycles. The van der Waals surface area contributed by atoms with Gasteiger partial charge in [0.15, 0.2) is 0 Å². The lowest BCUT2D eigenvalue weighted by Gasteiger charge is -2.16. The van der Waals surface area contributed by atoms with Crippen LogP contribution in [0.2, 0.25) is 0 Å². The Kier molecular flexibility index (Phi) is 6.18. The average molecular weight is 244 g/mol. The van der Waals surface area contributed by atoms with Crippen molar-refractivity contribution < 1.29 is 0 Å². The van der Waals surface area contributed by atoms with Crippen LogP contribution in [0.4, 0.5) is 0 Å². The van der Waals surface area contributed by atoms with E-state index in [1.807, 2.05) is 0 Å². The van der Waals surface area contributed by atoms with Crippen molar-refractivity contribution in [2.45, 2.75) is 60.3 Å². The van der Waals surface area contributed by atoms with Crippen molar-refractivity contribution in [1.29, 1.82) is 0 Å². The highest BCUT2D eigenvalue weighted by molar-refractivity contribution is 5.31. The van der Waals surface area contributed by atoms with Crippen LogP contribution in [-0.2, 0) is 0 Å². The van der Waals surface area contributed by atoms with Crippen LogP contribution < -0.4 is 0 Å². The lowest BCUT2D eigenvalue weighted by Crippen LogP contribution is -2.00. The van der Waals surface area contributed by atoms with E-state index in [0.717, 1.165) is 6.42 Å². The van der Waals surface area contributed by atoms with Crippen LogP contribution in [0, 0.1) is 5.92 Å². The smallest absolute Gasteiger partial charge is 0.00451 e. The second kappa shape index (κ2) is 7.41. The second-order valence-corrected chi connectivity index (χ2v) is 5.77. The minimum absolute atomic E-state index is 0.653. The molecule has 0 aromatic heterocycles. The molecule has 1 aliphatic rings. The molecule has 0 nitrogen and oxygen atoms in total. The minimum Gasteiger partial charge on any atom is -0.0787 e. The maximum absolute atomic E-state index is 2.44. The Morgan fingerprint density at radius 3 is 2.56 bits per heavy atom. The fourth-order valence-electron chi connectivity index (χ4n) is 2.57. The molecule has 0 aliphatic heterocycles. The molecule has 1 rings (SSSR count). The van der Waals surface area contributed by atoms with Crippen molar-refractivity contribution in [3.63, 3.8) is 0 Å². The van der Waals surface area contributed by atoms with Crippen LogP contribution in [-0.4, -0.2) is 0 Å². The van der Waals surface area contributed by atoms with E-state index in [4.69, 9.17) is 0 Å². The highest BCUT2D eigenvalue weighted by Gasteiger charge is 2.08. The van der Waals surface area contributed by atoms with Crippen LogP contribution >= 0.6 is 0 Å². The Morgan fingerprint density at radius 2 is 2.00 bits per heavy atom. The first kappa shape index (κ1) is 15.0. The maximum Gasteiger partial charge on any atom is -0.00451 e. The fraction of sp³-hybridized carbons (Fsp3) is 0.556. The molecule has 0 heterocycles. The summed E-state index contributed by atoms with van der Waals surface area (Å²) in [6.07, 6.45) is 14.5. The van der Waals surface area contributed by atoms with Gasteiger partial charge in [0, 0.05) is 0 Å². The zero-order valence-electron chi connectivity index (χ0n) is 12.7. The van der Waals surface area contributed by atoms with Crippen molar-refractivity contribution in [1.82, 2.24) is 0 Å². The predicted molar refractivity (Wildman–Crippen MR) is 82.7 cm³/mol. The fourth-order valence-corrected chi connectivity index (χ4v) is 2.57. The Labute approximate surface area is 113 Å². The van der Waals surface area contributed by atoms with Gasteiger partial charge in [0.25, 0.3) is 0 Å². The molecule has 0 bridgehead atoms. The quantitative estimate of drug-likeness (QED) is 0.421. The van der Waals surface area contributed by atoms with Crippen molar-refractivity contribution in [2.75, 3.05) is 0 Å². The third-order valence-corrected chi connectivity index (χ3v) is 3.38. The lowest BCUT2D eigenvalue weighted by molar-refractivity contribution is 0.609. The van der Waals surface area contributed by atoms with Crippen LogP contribution in [0.15, 0.2) is 46.6 Å². The van der Waals surface area contributed by atoms with Gasteiger partial charge >= 0.3 is 0 Å². The van der Waals surface area contributed by atoms with E-state index in [2.05, 4.69) is 58.9 Å². The van der Waals surface area contributed by atoms with Gasteiger partial charge in [-0.3, -0.25) is 0 Å². The Bertz CT molecular complexity index is 384. The van der Waals surface area contributed by atoms with Crippen LogP contribution in [0.25, 0.3) is 0 Å². The largest absolute Gasteiger partial charge is 0.0787 e. The molecule has 0 amide bonds. The van der Waals surface area contributed by atoms with E-state index < -0.39 is 0 Å². The van der Waals surface area contributed by atoms with E-state index in [1.165, 1.54) is 36.0 Å². The molecule has 0 N–H and O–H groups in total. The van der Waals surface area contributed by atoms with Gasteiger partial charge < -0.3 is 0 Å². The van der Waals surface area contributed by atoms with Crippen molar-refractivity contribution in [3.8, 4) is 0 Å². The van der Waals surface area contributed by atoms with Gasteiger partial charge in [-0.15, -0.1) is 0 Å². The summed E-state index contributed by atoms with van der Waals surface area (Å²) in [4.78, 5) is 0. The molecule has 1 aliphatic carbocycles. The van der Waals surface area contributed by atoms with Crippen molar-refractivity contribution >= 4 is 0 Å². The number of hydrogen-bond donors (Lipinski definition) is 0. The molecule has 18 heavy (non-hydrogen) atoms. The van der Waals surface area contributed by atoms with E-state index >= 15 is 0 Å². The third kappa shape index (κ3) is 5.53. The molecule has 0 saturated carbocycles. The number of rotatable bonds is 4. The molecule has 100 valence electrons. The molecule has 0 radical (unpaired) electrons. The molecular weight excluding hydrogens is 216 g/mol. The minimum atomic E-state index is 0.653. The summed E-state index contributed by atoms with van der Waals surface area (Å²) in [7, 11) is 0.